The molecule has 0 aromatic heterocycles. The van der Waals surface area contributed by atoms with E-state index in [1.807, 2.05) is 18.2 Å². The van der Waals surface area contributed by atoms with Gasteiger partial charge in [-0.2, -0.15) is 0 Å². The third kappa shape index (κ3) is 3.22. The largest absolute Gasteiger partial charge is 0.428 e. The van der Waals surface area contributed by atoms with Gasteiger partial charge in [-0.05, 0) is 36.0 Å². The average molecular weight is 244 g/mol. The van der Waals surface area contributed by atoms with Crippen molar-refractivity contribution in [1.82, 2.24) is 0 Å². The summed E-state index contributed by atoms with van der Waals surface area (Å²) in [6, 6.07) is 9.14. The zero-order valence-electron chi connectivity index (χ0n) is 11.3. The number of carbonyl (C=O) groups excluding carboxylic acids is 1. The Kier molecular flexibility index (Phi) is 3.55. The van der Waals surface area contributed by atoms with Crippen molar-refractivity contribution in [3.63, 3.8) is 0 Å². The van der Waals surface area contributed by atoms with Crippen molar-refractivity contribution in [2.45, 2.75) is 33.6 Å². The molecule has 96 valence electrons. The van der Waals surface area contributed by atoms with Gasteiger partial charge >= 0.3 is 5.97 Å². The van der Waals surface area contributed by atoms with Crippen LogP contribution in [-0.2, 0) is 4.74 Å². The molecule has 1 aliphatic rings. The summed E-state index contributed by atoms with van der Waals surface area (Å²) in [5.41, 5.74) is 0.815. The molecule has 0 amide bonds. The van der Waals surface area contributed by atoms with Gasteiger partial charge in [0.25, 0.3) is 0 Å². The molecule has 1 aromatic rings. The molecule has 2 heteroatoms. The Labute approximate surface area is 109 Å². The highest BCUT2D eigenvalue weighted by molar-refractivity contribution is 5.89. The van der Waals surface area contributed by atoms with Crippen molar-refractivity contribution in [1.29, 1.82) is 0 Å². The van der Waals surface area contributed by atoms with E-state index in [9.17, 15) is 4.79 Å². The SMILES string of the molecule is CC1C=C(OC(=O)c2ccccc2)CC(C)(C)C1. The van der Waals surface area contributed by atoms with Gasteiger partial charge in [0.1, 0.15) is 5.76 Å². The minimum Gasteiger partial charge on any atom is -0.428 e. The van der Waals surface area contributed by atoms with Gasteiger partial charge < -0.3 is 4.74 Å². The normalized spacial score (nSPS) is 22.2. The molecule has 0 aliphatic heterocycles. The highest BCUT2D eigenvalue weighted by Crippen LogP contribution is 2.38. The van der Waals surface area contributed by atoms with Crippen LogP contribution in [0.4, 0.5) is 0 Å². The van der Waals surface area contributed by atoms with Crippen LogP contribution in [0.15, 0.2) is 42.2 Å². The van der Waals surface area contributed by atoms with E-state index in [1.54, 1.807) is 12.1 Å². The zero-order valence-corrected chi connectivity index (χ0v) is 11.3. The lowest BCUT2D eigenvalue weighted by Crippen LogP contribution is -2.22. The fourth-order valence-corrected chi connectivity index (χ4v) is 2.67. The molecule has 18 heavy (non-hydrogen) atoms. The summed E-state index contributed by atoms with van der Waals surface area (Å²) in [7, 11) is 0. The Morgan fingerprint density at radius 1 is 1.28 bits per heavy atom. The van der Waals surface area contributed by atoms with Gasteiger partial charge in [-0.1, -0.05) is 39.0 Å². The second-order valence-electron chi connectivity index (χ2n) is 5.91. The molecular weight excluding hydrogens is 224 g/mol. The number of hydrogen-bond donors (Lipinski definition) is 0. The molecule has 0 radical (unpaired) electrons. The van der Waals surface area contributed by atoms with Gasteiger partial charge in [0.15, 0.2) is 0 Å². The smallest absolute Gasteiger partial charge is 0.343 e. The lowest BCUT2D eigenvalue weighted by molar-refractivity contribution is 0.0573. The van der Waals surface area contributed by atoms with Gasteiger partial charge in [0.05, 0.1) is 5.56 Å². The molecule has 1 aliphatic carbocycles. The van der Waals surface area contributed by atoms with E-state index in [0.717, 1.165) is 18.6 Å². The summed E-state index contributed by atoms with van der Waals surface area (Å²) in [6.45, 7) is 6.59. The molecule has 2 rings (SSSR count). The molecule has 1 atom stereocenters. The van der Waals surface area contributed by atoms with Gasteiger partial charge in [-0.3, -0.25) is 0 Å². The maximum absolute atomic E-state index is 12.0. The van der Waals surface area contributed by atoms with Crippen LogP contribution in [0.1, 0.15) is 44.0 Å². The molecule has 0 bridgehead atoms. The molecular formula is C16H20O2. The first-order valence-corrected chi connectivity index (χ1v) is 6.44. The minimum absolute atomic E-state index is 0.209. The van der Waals surface area contributed by atoms with Crippen molar-refractivity contribution in [2.75, 3.05) is 0 Å². The highest BCUT2D eigenvalue weighted by Gasteiger charge is 2.28. The van der Waals surface area contributed by atoms with E-state index < -0.39 is 0 Å². The number of carbonyl (C=O) groups is 1. The fraction of sp³-hybridized carbons (Fsp3) is 0.438. The summed E-state index contributed by atoms with van der Waals surface area (Å²) in [4.78, 5) is 12.0. The third-order valence-electron chi connectivity index (χ3n) is 3.23. The van der Waals surface area contributed by atoms with Gasteiger partial charge in [-0.25, -0.2) is 4.79 Å². The Morgan fingerprint density at radius 2 is 1.94 bits per heavy atom. The number of hydrogen-bond acceptors (Lipinski definition) is 2. The predicted octanol–water partition coefficient (Wildman–Crippen LogP) is 4.18. The second-order valence-corrected chi connectivity index (χ2v) is 5.91. The number of allylic oxidation sites excluding steroid dienone is 2. The Morgan fingerprint density at radius 3 is 2.56 bits per heavy atom. The summed E-state index contributed by atoms with van der Waals surface area (Å²) < 4.78 is 5.51. The third-order valence-corrected chi connectivity index (χ3v) is 3.23. The van der Waals surface area contributed by atoms with Crippen molar-refractivity contribution < 1.29 is 9.53 Å². The topological polar surface area (TPSA) is 26.3 Å². The Balaban J connectivity index is 2.08. The maximum atomic E-state index is 12.0. The molecule has 1 aromatic carbocycles. The lowest BCUT2D eigenvalue weighted by Gasteiger charge is -2.32. The van der Waals surface area contributed by atoms with Gasteiger partial charge in [-0.15, -0.1) is 0 Å². The monoisotopic (exact) mass is 244 g/mol. The summed E-state index contributed by atoms with van der Waals surface area (Å²) in [5, 5.41) is 0. The number of ether oxygens (including phenoxy) is 1. The first kappa shape index (κ1) is 12.9. The maximum Gasteiger partial charge on any atom is 0.343 e. The van der Waals surface area contributed by atoms with E-state index in [-0.39, 0.29) is 11.4 Å². The van der Waals surface area contributed by atoms with Crippen LogP contribution in [0.3, 0.4) is 0 Å². The molecule has 0 N–H and O–H groups in total. The quantitative estimate of drug-likeness (QED) is 0.729. The van der Waals surface area contributed by atoms with Gasteiger partial charge in [0.2, 0.25) is 0 Å². The van der Waals surface area contributed by atoms with Gasteiger partial charge in [0, 0.05) is 6.42 Å². The molecule has 0 saturated carbocycles. The summed E-state index contributed by atoms with van der Waals surface area (Å²) in [5.74, 6) is 1.02. The Bertz CT molecular complexity index is 457. The van der Waals surface area contributed by atoms with Crippen LogP contribution in [0.25, 0.3) is 0 Å². The van der Waals surface area contributed by atoms with Crippen LogP contribution >= 0.6 is 0 Å². The standard InChI is InChI=1S/C16H20O2/c1-12-9-14(11-16(2,3)10-12)18-15(17)13-7-5-4-6-8-13/h4-9,12H,10-11H2,1-3H3. The van der Waals surface area contributed by atoms with Crippen LogP contribution < -0.4 is 0 Å². The first-order chi connectivity index (χ1) is 8.46. The molecule has 0 saturated heterocycles. The van der Waals surface area contributed by atoms with Crippen molar-refractivity contribution in [3.05, 3.63) is 47.7 Å². The zero-order chi connectivity index (χ0) is 13.2. The van der Waals surface area contributed by atoms with E-state index in [1.165, 1.54) is 0 Å². The van der Waals surface area contributed by atoms with Crippen LogP contribution in [0.2, 0.25) is 0 Å². The van der Waals surface area contributed by atoms with Crippen LogP contribution in [0, 0.1) is 11.3 Å². The second kappa shape index (κ2) is 4.97. The van der Waals surface area contributed by atoms with Crippen LogP contribution in [-0.4, -0.2) is 5.97 Å². The molecule has 0 fully saturated rings. The summed E-state index contributed by atoms with van der Waals surface area (Å²) in [6.07, 6.45) is 4.04. The minimum atomic E-state index is -0.258. The Hall–Kier alpha value is -1.57. The number of benzene rings is 1. The fourth-order valence-electron chi connectivity index (χ4n) is 2.67. The molecule has 1 unspecified atom stereocenters. The van der Waals surface area contributed by atoms with Crippen molar-refractivity contribution in [2.24, 2.45) is 11.3 Å². The van der Waals surface area contributed by atoms with E-state index in [0.29, 0.717) is 11.5 Å². The molecule has 0 heterocycles. The summed E-state index contributed by atoms with van der Waals surface area (Å²) >= 11 is 0. The number of esters is 1. The average Bonchev–Trinajstić information content (AvgIpc) is 2.27. The predicted molar refractivity (Wildman–Crippen MR) is 72.1 cm³/mol. The highest BCUT2D eigenvalue weighted by atomic mass is 16.5. The van der Waals surface area contributed by atoms with E-state index in [4.69, 9.17) is 4.74 Å². The lowest BCUT2D eigenvalue weighted by atomic mass is 9.76. The molecule has 0 spiro atoms. The number of rotatable bonds is 2. The first-order valence-electron chi connectivity index (χ1n) is 6.44. The molecule has 2 nitrogen and oxygen atoms in total. The van der Waals surface area contributed by atoms with Crippen molar-refractivity contribution in [3.8, 4) is 0 Å². The van der Waals surface area contributed by atoms with Crippen LogP contribution in [0.5, 0.6) is 0 Å². The van der Waals surface area contributed by atoms with E-state index in [2.05, 4.69) is 26.8 Å². The van der Waals surface area contributed by atoms with E-state index >= 15 is 0 Å². The van der Waals surface area contributed by atoms with Crippen molar-refractivity contribution >= 4 is 5.97 Å².